The minimum Gasteiger partial charge on any atom is -0.473 e. The first-order chi connectivity index (χ1) is 8.97. The maximum absolute atomic E-state index is 11.2. The second-order valence-corrected chi connectivity index (χ2v) is 4.58. The van der Waals surface area contributed by atoms with E-state index in [-0.39, 0.29) is 47.7 Å². The molecule has 1 unspecified atom stereocenters. The highest BCUT2D eigenvalue weighted by Gasteiger charge is 2.26. The molecule has 8 heteroatoms. The molecule has 0 radical (unpaired) electrons. The average molecular weight is 285 g/mol. The van der Waals surface area contributed by atoms with Crippen molar-refractivity contribution in [1.29, 1.82) is 10.8 Å². The fourth-order valence-corrected chi connectivity index (χ4v) is 1.81. The van der Waals surface area contributed by atoms with Crippen LogP contribution in [0.15, 0.2) is 16.2 Å². The van der Waals surface area contributed by atoms with Gasteiger partial charge in [0.05, 0.1) is 5.71 Å². The first-order valence-electron chi connectivity index (χ1n) is 5.59. The van der Waals surface area contributed by atoms with E-state index in [2.05, 4.69) is 4.99 Å². The van der Waals surface area contributed by atoms with E-state index in [1.54, 1.807) is 11.9 Å². The number of carbonyl (C=O) groups excluding carboxylic acids is 1. The summed E-state index contributed by atoms with van der Waals surface area (Å²) in [5.41, 5.74) is -0.170. The molecule has 2 rings (SSSR count). The van der Waals surface area contributed by atoms with E-state index in [9.17, 15) is 4.79 Å². The standard InChI is InChI=1S/C11H13ClN4O3/c1-16-3-6(18-5-9(16)17)4-19-11-10(14)7(13)2-8(12)15-11/h2,6,13-14H,3-5H2,1H3. The molecule has 2 heterocycles. The van der Waals surface area contributed by atoms with Gasteiger partial charge < -0.3 is 14.4 Å². The minimum atomic E-state index is -0.280. The summed E-state index contributed by atoms with van der Waals surface area (Å²) >= 11 is 5.71. The second-order valence-electron chi connectivity index (χ2n) is 4.19. The van der Waals surface area contributed by atoms with Crippen LogP contribution in [0.4, 0.5) is 0 Å². The summed E-state index contributed by atoms with van der Waals surface area (Å²) in [5, 5.41) is 15.3. The van der Waals surface area contributed by atoms with Gasteiger partial charge in [0.1, 0.15) is 30.2 Å². The van der Waals surface area contributed by atoms with Crippen LogP contribution in [0.2, 0.25) is 0 Å². The van der Waals surface area contributed by atoms with Crippen molar-refractivity contribution in [3.05, 3.63) is 11.2 Å². The number of halogens is 1. The number of carbonyl (C=O) groups is 1. The van der Waals surface area contributed by atoms with Gasteiger partial charge in [-0.2, -0.15) is 4.99 Å². The van der Waals surface area contributed by atoms with Crippen LogP contribution >= 0.6 is 11.6 Å². The van der Waals surface area contributed by atoms with Crippen LogP contribution in [0.3, 0.4) is 0 Å². The van der Waals surface area contributed by atoms with Crippen LogP contribution < -0.4 is 0 Å². The predicted octanol–water partition coefficient (Wildman–Crippen LogP) is 0.392. The number of hydrogen-bond acceptors (Lipinski definition) is 6. The molecule has 2 aliphatic heterocycles. The van der Waals surface area contributed by atoms with Gasteiger partial charge in [-0.15, -0.1) is 0 Å². The summed E-state index contributed by atoms with van der Waals surface area (Å²) < 4.78 is 10.7. The topological polar surface area (TPSA) is 98.8 Å². The zero-order valence-corrected chi connectivity index (χ0v) is 11.0. The van der Waals surface area contributed by atoms with Gasteiger partial charge in [-0.25, -0.2) is 0 Å². The van der Waals surface area contributed by atoms with Crippen LogP contribution in [0.25, 0.3) is 0 Å². The molecule has 2 aliphatic rings. The van der Waals surface area contributed by atoms with Crippen molar-refractivity contribution in [2.75, 3.05) is 26.8 Å². The van der Waals surface area contributed by atoms with E-state index >= 15 is 0 Å². The molecule has 7 nitrogen and oxygen atoms in total. The predicted molar refractivity (Wildman–Crippen MR) is 70.2 cm³/mol. The van der Waals surface area contributed by atoms with Gasteiger partial charge in [-0.05, 0) is 0 Å². The van der Waals surface area contributed by atoms with Gasteiger partial charge in [0.2, 0.25) is 11.8 Å². The minimum absolute atomic E-state index is 0.000605. The first-order valence-corrected chi connectivity index (χ1v) is 5.97. The zero-order valence-electron chi connectivity index (χ0n) is 10.3. The highest BCUT2D eigenvalue weighted by molar-refractivity contribution is 6.69. The Morgan fingerprint density at radius 1 is 1.63 bits per heavy atom. The molecule has 0 aromatic heterocycles. The lowest BCUT2D eigenvalue weighted by atomic mass is 10.2. The lowest BCUT2D eigenvalue weighted by Gasteiger charge is -2.29. The summed E-state index contributed by atoms with van der Waals surface area (Å²) in [6, 6.07) is 0. The second kappa shape index (κ2) is 5.50. The van der Waals surface area contributed by atoms with Gasteiger partial charge in [0, 0.05) is 19.7 Å². The van der Waals surface area contributed by atoms with Crippen molar-refractivity contribution in [3.63, 3.8) is 0 Å². The molecule has 0 spiro atoms. The molecule has 1 saturated heterocycles. The maximum atomic E-state index is 11.2. The molecule has 1 atom stereocenters. The lowest BCUT2D eigenvalue weighted by molar-refractivity contribution is -0.148. The molecule has 1 fully saturated rings. The van der Waals surface area contributed by atoms with E-state index in [1.807, 2.05) is 0 Å². The number of ether oxygens (including phenoxy) is 2. The fourth-order valence-electron chi connectivity index (χ4n) is 1.63. The number of hydrogen-bond donors (Lipinski definition) is 2. The Morgan fingerprint density at radius 3 is 3.05 bits per heavy atom. The third-order valence-corrected chi connectivity index (χ3v) is 2.90. The Hall–Kier alpha value is -1.73. The number of nitrogens with zero attached hydrogens (tertiary/aromatic N) is 2. The van der Waals surface area contributed by atoms with Gasteiger partial charge in [-0.1, -0.05) is 11.6 Å². The molecule has 0 bridgehead atoms. The van der Waals surface area contributed by atoms with E-state index in [0.717, 1.165) is 0 Å². The molecular weight excluding hydrogens is 272 g/mol. The van der Waals surface area contributed by atoms with Crippen molar-refractivity contribution < 1.29 is 14.3 Å². The molecule has 0 aromatic rings. The zero-order chi connectivity index (χ0) is 14.0. The summed E-state index contributed by atoms with van der Waals surface area (Å²) in [6.45, 7) is 0.585. The summed E-state index contributed by atoms with van der Waals surface area (Å²) in [7, 11) is 1.69. The van der Waals surface area contributed by atoms with Crippen LogP contribution in [0.5, 0.6) is 0 Å². The van der Waals surface area contributed by atoms with Crippen molar-refractivity contribution in [2.45, 2.75) is 6.10 Å². The maximum Gasteiger partial charge on any atom is 0.248 e. The number of aliphatic imine (C=N–C) groups is 1. The average Bonchev–Trinajstić information content (AvgIpc) is 2.36. The molecule has 0 saturated carbocycles. The highest BCUT2D eigenvalue weighted by atomic mass is 35.5. The first kappa shape index (κ1) is 13.7. The number of likely N-dealkylation sites (N-methyl/N-ethyl adjacent to an activating group) is 1. The molecule has 0 aromatic carbocycles. The van der Waals surface area contributed by atoms with Crippen molar-refractivity contribution in [3.8, 4) is 0 Å². The van der Waals surface area contributed by atoms with Gasteiger partial charge in [0.25, 0.3) is 0 Å². The van der Waals surface area contributed by atoms with Crippen molar-refractivity contribution in [1.82, 2.24) is 4.90 Å². The summed E-state index contributed by atoms with van der Waals surface area (Å²) in [6.07, 6.45) is 0.998. The molecule has 102 valence electrons. The SMILES string of the molecule is CN1CC(COC2=NC(Cl)=CC(=N)C2=N)OCC1=O. The third kappa shape index (κ3) is 3.18. The normalized spacial score (nSPS) is 24.2. The number of nitrogens with one attached hydrogen (secondary N) is 2. The third-order valence-electron chi connectivity index (χ3n) is 2.71. The quantitative estimate of drug-likeness (QED) is 0.718. The number of rotatable bonds is 2. The molecule has 0 aliphatic carbocycles. The van der Waals surface area contributed by atoms with Gasteiger partial charge in [0.15, 0.2) is 0 Å². The van der Waals surface area contributed by atoms with Crippen LogP contribution in [0, 0.1) is 10.8 Å². The lowest BCUT2D eigenvalue weighted by Crippen LogP contribution is -2.46. The summed E-state index contributed by atoms with van der Waals surface area (Å²) in [5.74, 6) is -0.0765. The van der Waals surface area contributed by atoms with E-state index in [4.69, 9.17) is 31.9 Å². The molecule has 2 N–H and O–H groups in total. The number of amides is 1. The van der Waals surface area contributed by atoms with Crippen LogP contribution in [-0.2, 0) is 14.3 Å². The van der Waals surface area contributed by atoms with Gasteiger partial charge >= 0.3 is 0 Å². The number of allylic oxidation sites excluding steroid dienone is 1. The smallest absolute Gasteiger partial charge is 0.248 e. The van der Waals surface area contributed by atoms with E-state index in [0.29, 0.717) is 6.54 Å². The van der Waals surface area contributed by atoms with E-state index in [1.165, 1.54) is 6.08 Å². The van der Waals surface area contributed by atoms with Crippen LogP contribution in [0.1, 0.15) is 0 Å². The Balaban J connectivity index is 1.92. The Kier molecular flexibility index (Phi) is 3.96. The fraction of sp³-hybridized carbons (Fsp3) is 0.455. The Labute approximate surface area is 114 Å². The van der Waals surface area contributed by atoms with Crippen molar-refractivity contribution >= 4 is 34.8 Å². The monoisotopic (exact) mass is 284 g/mol. The van der Waals surface area contributed by atoms with Crippen molar-refractivity contribution in [2.24, 2.45) is 4.99 Å². The molecule has 1 amide bonds. The Bertz CT molecular complexity index is 500. The Morgan fingerprint density at radius 2 is 2.37 bits per heavy atom. The highest BCUT2D eigenvalue weighted by Crippen LogP contribution is 2.12. The van der Waals surface area contributed by atoms with E-state index < -0.39 is 0 Å². The van der Waals surface area contributed by atoms with Gasteiger partial charge in [-0.3, -0.25) is 15.6 Å². The summed E-state index contributed by atoms with van der Waals surface area (Å²) in [4.78, 5) is 16.6. The molecular formula is C11H13ClN4O3. The van der Waals surface area contributed by atoms with Crippen LogP contribution in [-0.4, -0.2) is 61.0 Å². The number of morpholine rings is 1. The largest absolute Gasteiger partial charge is 0.473 e. The molecule has 19 heavy (non-hydrogen) atoms.